The van der Waals surface area contributed by atoms with Crippen LogP contribution in [0.5, 0.6) is 5.75 Å². The largest absolute Gasteiger partial charge is 1.00 e. The van der Waals surface area contributed by atoms with E-state index in [0.717, 1.165) is 10.8 Å². The van der Waals surface area contributed by atoms with E-state index in [-0.39, 0.29) is 35.3 Å². The van der Waals surface area contributed by atoms with Crippen molar-refractivity contribution >= 4 is 29.2 Å². The summed E-state index contributed by atoms with van der Waals surface area (Å²) in [6.07, 6.45) is 0. The van der Waals surface area contributed by atoms with Crippen LogP contribution in [0.15, 0.2) is 42.5 Å². The average Bonchev–Trinajstić information content (AvgIpc) is 2.57. The molecule has 1 nitrogen and oxygen atoms in total. The van der Waals surface area contributed by atoms with E-state index in [0.29, 0.717) is 8.19 Å². The van der Waals surface area contributed by atoms with Gasteiger partial charge in [0.2, 0.25) is 0 Å². The van der Waals surface area contributed by atoms with Gasteiger partial charge in [0.1, 0.15) is 0 Å². The van der Waals surface area contributed by atoms with Crippen LogP contribution >= 0.6 is 8.19 Å². The Balaban J connectivity index is 0.000000853. The molecule has 1 aromatic heterocycles. The van der Waals surface area contributed by atoms with E-state index in [1.54, 1.807) is 6.07 Å². The number of rotatable bonds is 0. The van der Waals surface area contributed by atoms with Gasteiger partial charge in [-0.2, -0.15) is 0 Å². The van der Waals surface area contributed by atoms with Gasteiger partial charge in [0.15, 0.2) is 0 Å². The molecule has 0 saturated heterocycles. The molecule has 0 N–H and O–H groups in total. The molecular formula is C12H8NaOP. The Labute approximate surface area is 111 Å². The van der Waals surface area contributed by atoms with Gasteiger partial charge in [-0.25, -0.2) is 0 Å². The van der Waals surface area contributed by atoms with Crippen molar-refractivity contribution in [2.45, 2.75) is 0 Å². The minimum Gasteiger partial charge on any atom is -0.872 e. The van der Waals surface area contributed by atoms with Crippen LogP contribution in [0.1, 0.15) is 0 Å². The summed E-state index contributed by atoms with van der Waals surface area (Å²) in [6, 6.07) is 13.7. The number of hydrogen-bond acceptors (Lipinski definition) is 1. The zero-order valence-corrected chi connectivity index (χ0v) is 11.4. The second kappa shape index (κ2) is 4.19. The number of hydrogen-bond donors (Lipinski definition) is 0. The van der Waals surface area contributed by atoms with Crippen LogP contribution in [0.2, 0.25) is 0 Å². The number of fused-ring (bicyclic) bond motifs is 3. The summed E-state index contributed by atoms with van der Waals surface area (Å²) < 4.78 is 0. The fourth-order valence-electron chi connectivity index (χ4n) is 1.87. The van der Waals surface area contributed by atoms with Crippen molar-refractivity contribution in [2.24, 2.45) is 0 Å². The van der Waals surface area contributed by atoms with Crippen LogP contribution < -0.4 is 34.7 Å². The first-order valence-corrected chi connectivity index (χ1v) is 5.53. The van der Waals surface area contributed by atoms with Crippen LogP contribution in [-0.2, 0) is 0 Å². The van der Waals surface area contributed by atoms with E-state index in [2.05, 4.69) is 12.1 Å². The van der Waals surface area contributed by atoms with Gasteiger partial charge in [0.05, 0.1) is 0 Å². The molecule has 1 heterocycles. The molecule has 1 atom stereocenters. The van der Waals surface area contributed by atoms with Crippen LogP contribution in [-0.4, -0.2) is 0 Å². The van der Waals surface area contributed by atoms with Crippen molar-refractivity contribution in [3.05, 3.63) is 42.5 Å². The molecule has 0 saturated carbocycles. The minimum absolute atomic E-state index is 0. The molecule has 0 spiro atoms. The van der Waals surface area contributed by atoms with E-state index >= 15 is 0 Å². The molecule has 0 radical (unpaired) electrons. The second-order valence-corrected chi connectivity index (χ2v) is 4.68. The SMILES string of the molecule is [Na+].[O-]c1cccc2[pH]c3ccccc3c12. The predicted octanol–water partition coefficient (Wildman–Crippen LogP) is 0.102. The van der Waals surface area contributed by atoms with Crippen molar-refractivity contribution in [1.82, 2.24) is 0 Å². The fourth-order valence-corrected chi connectivity index (χ4v) is 3.24. The maximum atomic E-state index is 11.7. The molecule has 0 aliphatic heterocycles. The van der Waals surface area contributed by atoms with Gasteiger partial charge in [0, 0.05) is 0 Å². The molecular weight excluding hydrogens is 214 g/mol. The Hall–Kier alpha value is -0.460. The zero-order valence-electron chi connectivity index (χ0n) is 8.45. The summed E-state index contributed by atoms with van der Waals surface area (Å²) in [5.41, 5.74) is 0. The van der Waals surface area contributed by atoms with Gasteiger partial charge in [-0.1, -0.05) is 42.5 Å². The smallest absolute Gasteiger partial charge is 0.872 e. The normalized spacial score (nSPS) is 10.9. The molecule has 2 aromatic carbocycles. The van der Waals surface area contributed by atoms with E-state index in [4.69, 9.17) is 0 Å². The maximum Gasteiger partial charge on any atom is 1.00 e. The van der Waals surface area contributed by atoms with Crippen molar-refractivity contribution in [3.8, 4) is 5.75 Å². The first kappa shape index (κ1) is 11.0. The summed E-state index contributed by atoms with van der Waals surface area (Å²) in [5, 5.41) is 16.2. The Kier molecular flexibility index (Phi) is 3.08. The molecule has 0 amide bonds. The van der Waals surface area contributed by atoms with E-state index in [9.17, 15) is 5.11 Å². The first-order chi connectivity index (χ1) is 6.86. The summed E-state index contributed by atoms with van der Waals surface area (Å²) in [4.78, 5) is 0. The molecule has 0 bridgehead atoms. The fraction of sp³-hybridized carbons (Fsp3) is 0. The Morgan fingerprint density at radius 1 is 0.867 bits per heavy atom. The van der Waals surface area contributed by atoms with Crippen molar-refractivity contribution in [2.75, 3.05) is 0 Å². The molecule has 1 unspecified atom stereocenters. The zero-order chi connectivity index (χ0) is 9.54. The Morgan fingerprint density at radius 3 is 2.47 bits per heavy atom. The van der Waals surface area contributed by atoms with E-state index in [1.807, 2.05) is 24.3 Å². The molecule has 3 rings (SSSR count). The van der Waals surface area contributed by atoms with Gasteiger partial charge in [-0.05, 0) is 21.0 Å². The van der Waals surface area contributed by atoms with Gasteiger partial charge < -0.3 is 5.11 Å². The summed E-state index contributed by atoms with van der Waals surface area (Å²) >= 11 is 0. The van der Waals surface area contributed by atoms with Crippen LogP contribution in [0.25, 0.3) is 21.0 Å². The van der Waals surface area contributed by atoms with Gasteiger partial charge in [-0.15, -0.1) is 13.9 Å². The third-order valence-corrected chi connectivity index (χ3v) is 3.88. The van der Waals surface area contributed by atoms with Crippen molar-refractivity contribution < 1.29 is 34.7 Å². The predicted molar refractivity (Wildman–Crippen MR) is 60.4 cm³/mol. The molecule has 15 heavy (non-hydrogen) atoms. The molecule has 3 heteroatoms. The third-order valence-electron chi connectivity index (χ3n) is 2.49. The maximum absolute atomic E-state index is 11.7. The monoisotopic (exact) mass is 222 g/mol. The quantitative estimate of drug-likeness (QED) is 0.495. The summed E-state index contributed by atoms with van der Waals surface area (Å²) in [5.74, 6) is 0.153. The second-order valence-electron chi connectivity index (χ2n) is 3.35. The Bertz CT molecular complexity index is 615. The van der Waals surface area contributed by atoms with E-state index < -0.39 is 0 Å². The molecule has 68 valence electrons. The average molecular weight is 222 g/mol. The van der Waals surface area contributed by atoms with Gasteiger partial charge >= 0.3 is 29.6 Å². The topological polar surface area (TPSA) is 23.1 Å². The number of benzene rings is 2. The molecule has 3 aromatic rings. The summed E-state index contributed by atoms with van der Waals surface area (Å²) in [6.45, 7) is 0. The molecule has 0 fully saturated rings. The summed E-state index contributed by atoms with van der Waals surface area (Å²) in [7, 11) is 0.647. The van der Waals surface area contributed by atoms with Crippen molar-refractivity contribution in [1.29, 1.82) is 0 Å². The molecule has 0 aliphatic carbocycles. The van der Waals surface area contributed by atoms with Crippen LogP contribution in [0.3, 0.4) is 0 Å². The van der Waals surface area contributed by atoms with E-state index in [1.165, 1.54) is 10.2 Å². The standard InChI is InChI=1S/C12H9OP.Na/c13-9-5-3-7-11-12(9)8-4-1-2-6-10(8)14-11;/h1-7,13-14H;/q;+1/p-1. The van der Waals surface area contributed by atoms with Gasteiger partial charge in [-0.3, -0.25) is 0 Å². The first-order valence-electron chi connectivity index (χ1n) is 4.53. The Morgan fingerprint density at radius 2 is 1.60 bits per heavy atom. The minimum atomic E-state index is 0. The molecule has 0 aliphatic rings. The van der Waals surface area contributed by atoms with Gasteiger partial charge in [0.25, 0.3) is 0 Å². The van der Waals surface area contributed by atoms with Crippen LogP contribution in [0, 0.1) is 0 Å². The third kappa shape index (κ3) is 1.70. The van der Waals surface area contributed by atoms with Crippen LogP contribution in [0.4, 0.5) is 0 Å². The van der Waals surface area contributed by atoms with Crippen molar-refractivity contribution in [3.63, 3.8) is 0 Å².